The number of nitrogens with zero attached hydrogens (tertiary/aromatic N) is 2. The number of para-hydroxylation sites is 1. The third kappa shape index (κ3) is 3.48. The number of halogens is 1. The van der Waals surface area contributed by atoms with Crippen molar-refractivity contribution in [1.82, 2.24) is 4.98 Å². The van der Waals surface area contributed by atoms with Crippen molar-refractivity contribution in [3.63, 3.8) is 0 Å². The predicted octanol–water partition coefficient (Wildman–Crippen LogP) is 5.23. The normalized spacial score (nSPS) is 13.2. The minimum Gasteiger partial charge on any atom is -0.439 e. The lowest BCUT2D eigenvalue weighted by Gasteiger charge is -2.29. The van der Waals surface area contributed by atoms with Crippen LogP contribution in [0.4, 0.5) is 5.69 Å². The van der Waals surface area contributed by atoms with Crippen LogP contribution in [0.5, 0.6) is 11.6 Å². The predicted molar refractivity (Wildman–Crippen MR) is 105 cm³/mol. The van der Waals surface area contributed by atoms with E-state index in [1.807, 2.05) is 47.4 Å². The summed E-state index contributed by atoms with van der Waals surface area (Å²) in [4.78, 5) is 19.0. The second-order valence-electron chi connectivity index (χ2n) is 6.13. The van der Waals surface area contributed by atoms with Crippen molar-refractivity contribution in [1.29, 1.82) is 0 Å². The molecule has 2 aromatic carbocycles. The molecule has 0 fully saturated rings. The summed E-state index contributed by atoms with van der Waals surface area (Å²) in [6.45, 7) is 0.728. The summed E-state index contributed by atoms with van der Waals surface area (Å²) in [6.07, 6.45) is 3.56. The fourth-order valence-corrected chi connectivity index (χ4v) is 3.50. The highest BCUT2D eigenvalue weighted by molar-refractivity contribution is 9.10. The highest BCUT2D eigenvalue weighted by atomic mass is 79.9. The van der Waals surface area contributed by atoms with Crippen molar-refractivity contribution in [3.05, 3.63) is 82.5 Å². The molecule has 4 rings (SSSR count). The largest absolute Gasteiger partial charge is 0.439 e. The van der Waals surface area contributed by atoms with E-state index in [9.17, 15) is 4.79 Å². The molecule has 0 spiro atoms. The molecule has 3 aromatic rings. The molecule has 1 aromatic heterocycles. The quantitative estimate of drug-likeness (QED) is 0.595. The van der Waals surface area contributed by atoms with E-state index in [2.05, 4.69) is 27.0 Å². The van der Waals surface area contributed by atoms with Gasteiger partial charge in [0.15, 0.2) is 0 Å². The molecular weight excluding hydrogens is 392 g/mol. The second kappa shape index (κ2) is 7.30. The van der Waals surface area contributed by atoms with Gasteiger partial charge in [0.25, 0.3) is 5.91 Å². The lowest BCUT2D eigenvalue weighted by atomic mass is 10.0. The number of hydrogen-bond donors (Lipinski definition) is 0. The van der Waals surface area contributed by atoms with Crippen LogP contribution >= 0.6 is 15.9 Å². The number of benzene rings is 2. The van der Waals surface area contributed by atoms with Gasteiger partial charge in [-0.05, 0) is 48.7 Å². The van der Waals surface area contributed by atoms with E-state index in [1.54, 1.807) is 18.3 Å². The van der Waals surface area contributed by atoms with Crippen molar-refractivity contribution in [2.45, 2.75) is 12.8 Å². The summed E-state index contributed by atoms with van der Waals surface area (Å²) in [7, 11) is 0. The van der Waals surface area contributed by atoms with Crippen LogP contribution < -0.4 is 9.64 Å². The Hall–Kier alpha value is -2.66. The topological polar surface area (TPSA) is 42.4 Å². The zero-order valence-corrected chi connectivity index (χ0v) is 15.6. The van der Waals surface area contributed by atoms with Gasteiger partial charge in [-0.2, -0.15) is 0 Å². The first kappa shape index (κ1) is 16.8. The smallest absolute Gasteiger partial charge is 0.259 e. The second-order valence-corrected chi connectivity index (χ2v) is 7.05. The lowest BCUT2D eigenvalue weighted by Crippen LogP contribution is -2.35. The number of aryl methyl sites for hydroxylation is 1. The van der Waals surface area contributed by atoms with Gasteiger partial charge in [-0.25, -0.2) is 4.98 Å². The highest BCUT2D eigenvalue weighted by Crippen LogP contribution is 2.28. The maximum atomic E-state index is 12.9. The molecule has 0 aliphatic carbocycles. The number of hydrogen-bond acceptors (Lipinski definition) is 3. The number of carbonyl (C=O) groups is 1. The maximum absolute atomic E-state index is 12.9. The Balaban J connectivity index is 1.53. The number of carbonyl (C=O) groups excluding carboxylic acids is 1. The molecule has 0 N–H and O–H groups in total. The van der Waals surface area contributed by atoms with E-state index in [-0.39, 0.29) is 5.91 Å². The molecule has 1 amide bonds. The fourth-order valence-electron chi connectivity index (χ4n) is 3.12. The number of ether oxygens (including phenoxy) is 1. The van der Waals surface area contributed by atoms with Crippen LogP contribution in [0.15, 0.2) is 71.3 Å². The molecule has 130 valence electrons. The van der Waals surface area contributed by atoms with Crippen molar-refractivity contribution >= 4 is 27.5 Å². The molecule has 0 saturated carbocycles. The minimum atomic E-state index is -0.0290. The number of fused-ring (bicyclic) bond motifs is 1. The maximum Gasteiger partial charge on any atom is 0.259 e. The molecule has 0 saturated heterocycles. The average Bonchev–Trinajstić information content (AvgIpc) is 2.68. The van der Waals surface area contributed by atoms with Gasteiger partial charge in [-0.3, -0.25) is 4.79 Å². The van der Waals surface area contributed by atoms with E-state index in [4.69, 9.17) is 4.74 Å². The molecule has 0 unspecified atom stereocenters. The Morgan fingerprint density at radius 1 is 1.08 bits per heavy atom. The van der Waals surface area contributed by atoms with E-state index in [1.165, 1.54) is 5.56 Å². The molecule has 5 heteroatoms. The number of amides is 1. The van der Waals surface area contributed by atoms with Gasteiger partial charge in [-0.15, -0.1) is 0 Å². The van der Waals surface area contributed by atoms with Crippen LogP contribution in [-0.2, 0) is 6.42 Å². The number of aromatic nitrogens is 1. The summed E-state index contributed by atoms with van der Waals surface area (Å²) in [5.41, 5.74) is 2.77. The Morgan fingerprint density at radius 3 is 2.77 bits per heavy atom. The zero-order valence-electron chi connectivity index (χ0n) is 14.1. The summed E-state index contributed by atoms with van der Waals surface area (Å²) in [6, 6.07) is 19.1. The molecule has 1 aliphatic heterocycles. The fraction of sp³-hybridized carbons (Fsp3) is 0.143. The monoisotopic (exact) mass is 408 g/mol. The van der Waals surface area contributed by atoms with E-state index in [0.717, 1.165) is 29.5 Å². The zero-order chi connectivity index (χ0) is 17.9. The van der Waals surface area contributed by atoms with E-state index < -0.39 is 0 Å². The van der Waals surface area contributed by atoms with Gasteiger partial charge >= 0.3 is 0 Å². The standard InChI is InChI=1S/C21H17BrN2O2/c22-17-7-3-8-18(13-17)26-20-11-10-16(14-23-20)21(25)24-12-4-6-15-5-1-2-9-19(15)24/h1-3,5,7-11,13-14H,4,6,12H2. The van der Waals surface area contributed by atoms with Crippen molar-refractivity contribution in [2.75, 3.05) is 11.4 Å². The first-order valence-electron chi connectivity index (χ1n) is 8.50. The van der Waals surface area contributed by atoms with Gasteiger partial charge in [0.2, 0.25) is 5.88 Å². The molecule has 2 heterocycles. The van der Waals surface area contributed by atoms with Crippen LogP contribution in [0, 0.1) is 0 Å². The SMILES string of the molecule is O=C(c1ccc(Oc2cccc(Br)c2)nc1)N1CCCc2ccccc21. The summed E-state index contributed by atoms with van der Waals surface area (Å²) in [5.74, 6) is 1.12. The van der Waals surface area contributed by atoms with Crippen molar-refractivity contribution < 1.29 is 9.53 Å². The van der Waals surface area contributed by atoms with Gasteiger partial charge in [0.05, 0.1) is 5.56 Å². The van der Waals surface area contributed by atoms with Crippen LogP contribution in [0.3, 0.4) is 0 Å². The highest BCUT2D eigenvalue weighted by Gasteiger charge is 2.23. The van der Waals surface area contributed by atoms with Crippen LogP contribution in [-0.4, -0.2) is 17.4 Å². The molecule has 0 bridgehead atoms. The molecule has 1 aliphatic rings. The molecule has 0 radical (unpaired) electrons. The summed E-state index contributed by atoms with van der Waals surface area (Å²) in [5, 5.41) is 0. The third-order valence-electron chi connectivity index (χ3n) is 4.36. The van der Waals surface area contributed by atoms with Gasteiger partial charge in [0.1, 0.15) is 5.75 Å². The average molecular weight is 409 g/mol. The Kier molecular flexibility index (Phi) is 4.71. The van der Waals surface area contributed by atoms with Crippen LogP contribution in [0.25, 0.3) is 0 Å². The van der Waals surface area contributed by atoms with Crippen LogP contribution in [0.2, 0.25) is 0 Å². The van der Waals surface area contributed by atoms with Gasteiger partial charge in [-0.1, -0.05) is 40.2 Å². The Labute approximate surface area is 160 Å². The molecule has 0 atom stereocenters. The molecule has 26 heavy (non-hydrogen) atoms. The first-order valence-corrected chi connectivity index (χ1v) is 9.29. The van der Waals surface area contributed by atoms with Gasteiger partial charge < -0.3 is 9.64 Å². The van der Waals surface area contributed by atoms with Gasteiger partial charge in [0, 0.05) is 29.0 Å². The Morgan fingerprint density at radius 2 is 1.96 bits per heavy atom. The Bertz CT molecular complexity index is 941. The summed E-state index contributed by atoms with van der Waals surface area (Å²) < 4.78 is 6.67. The molecular formula is C21H17BrN2O2. The van der Waals surface area contributed by atoms with Crippen LogP contribution in [0.1, 0.15) is 22.3 Å². The van der Waals surface area contributed by atoms with E-state index >= 15 is 0 Å². The summed E-state index contributed by atoms with van der Waals surface area (Å²) >= 11 is 3.41. The van der Waals surface area contributed by atoms with E-state index in [0.29, 0.717) is 17.2 Å². The first-order chi connectivity index (χ1) is 12.7. The third-order valence-corrected chi connectivity index (χ3v) is 4.85. The van der Waals surface area contributed by atoms with Crippen molar-refractivity contribution in [3.8, 4) is 11.6 Å². The lowest BCUT2D eigenvalue weighted by molar-refractivity contribution is 0.0984. The van der Waals surface area contributed by atoms with Crippen molar-refractivity contribution in [2.24, 2.45) is 0 Å². The minimum absolute atomic E-state index is 0.0290. The number of pyridine rings is 1. The number of anilines is 1. The molecule has 4 nitrogen and oxygen atoms in total. The number of rotatable bonds is 3.